The monoisotopic (exact) mass is 576 g/mol. The van der Waals surface area contributed by atoms with Crippen LogP contribution in [0.4, 0.5) is 11.4 Å². The van der Waals surface area contributed by atoms with Crippen LogP contribution >= 0.6 is 0 Å². The van der Waals surface area contributed by atoms with E-state index in [4.69, 9.17) is 0 Å². The van der Waals surface area contributed by atoms with Crippen molar-refractivity contribution >= 4 is 45.8 Å². The smallest absolute Gasteiger partial charge is 0.265 e. The largest absolute Gasteiger partial charge is 0.268 e. The fourth-order valence-corrected chi connectivity index (χ4v) is 5.42. The number of hydrogen-bond donors (Lipinski definition) is 0. The Morgan fingerprint density at radius 3 is 0.864 bits per heavy atom. The Morgan fingerprint density at radius 1 is 0.341 bits per heavy atom. The number of aromatic nitrogens is 4. The highest BCUT2D eigenvalue weighted by atomic mass is 16.2. The third-order valence-corrected chi connectivity index (χ3v) is 7.43. The van der Waals surface area contributed by atoms with Crippen LogP contribution in [0.1, 0.15) is 41.4 Å². The predicted molar refractivity (Wildman–Crippen MR) is 162 cm³/mol. The van der Waals surface area contributed by atoms with Crippen LogP contribution in [0, 0.1) is 0 Å². The summed E-state index contributed by atoms with van der Waals surface area (Å²) in [5.41, 5.74) is 4.17. The Labute approximate surface area is 250 Å². The van der Waals surface area contributed by atoms with Crippen LogP contribution < -0.4 is 9.80 Å². The third-order valence-electron chi connectivity index (χ3n) is 7.43. The van der Waals surface area contributed by atoms with E-state index in [-0.39, 0.29) is 22.3 Å². The van der Waals surface area contributed by atoms with Crippen molar-refractivity contribution in [3.05, 3.63) is 145 Å². The molecule has 0 atom stereocenters. The summed E-state index contributed by atoms with van der Waals surface area (Å²) < 4.78 is 0. The van der Waals surface area contributed by atoms with E-state index < -0.39 is 23.6 Å². The lowest BCUT2D eigenvalue weighted by Gasteiger charge is -2.31. The first-order valence-corrected chi connectivity index (χ1v) is 13.5. The molecule has 0 saturated heterocycles. The Morgan fingerprint density at radius 2 is 0.591 bits per heavy atom. The molecule has 0 unspecified atom stereocenters. The molecule has 0 spiro atoms. The number of pyridine rings is 4. The van der Waals surface area contributed by atoms with Gasteiger partial charge in [0, 0.05) is 82.6 Å². The van der Waals surface area contributed by atoms with Gasteiger partial charge in [0.2, 0.25) is 0 Å². The van der Waals surface area contributed by atoms with Crippen LogP contribution in [0.15, 0.2) is 122 Å². The van der Waals surface area contributed by atoms with Gasteiger partial charge in [-0.05, 0) is 83.9 Å². The highest BCUT2D eigenvalue weighted by Crippen LogP contribution is 2.39. The van der Waals surface area contributed by atoms with Crippen molar-refractivity contribution in [1.82, 2.24) is 19.9 Å². The van der Waals surface area contributed by atoms with Crippen LogP contribution in [0.3, 0.4) is 0 Å². The van der Waals surface area contributed by atoms with Crippen LogP contribution in [0.2, 0.25) is 0 Å². The van der Waals surface area contributed by atoms with E-state index >= 15 is 0 Å². The van der Waals surface area contributed by atoms with E-state index in [9.17, 15) is 19.2 Å². The summed E-state index contributed by atoms with van der Waals surface area (Å²) in [7, 11) is 0. The van der Waals surface area contributed by atoms with Crippen molar-refractivity contribution in [1.29, 1.82) is 0 Å². The van der Waals surface area contributed by atoms with Crippen molar-refractivity contribution < 1.29 is 19.2 Å². The number of carbonyl (C=O) groups is 4. The second-order valence-corrected chi connectivity index (χ2v) is 9.85. The first-order valence-electron chi connectivity index (χ1n) is 13.5. The molecule has 0 aliphatic carbocycles. The lowest BCUT2D eigenvalue weighted by molar-refractivity contribution is 0.0873. The average molecular weight is 577 g/mol. The number of hydrogen-bond acceptors (Lipinski definition) is 8. The molecule has 44 heavy (non-hydrogen) atoms. The van der Waals surface area contributed by atoms with E-state index in [1.54, 1.807) is 49.1 Å². The quantitative estimate of drug-likeness (QED) is 0.257. The van der Waals surface area contributed by atoms with E-state index in [0.717, 1.165) is 9.80 Å². The lowest BCUT2D eigenvalue weighted by atomic mass is 9.85. The van der Waals surface area contributed by atoms with Gasteiger partial charge in [0.15, 0.2) is 0 Å². The van der Waals surface area contributed by atoms with E-state index in [2.05, 4.69) is 19.9 Å². The maximum absolute atomic E-state index is 13.3. The molecule has 4 aromatic heterocycles. The number of imide groups is 2. The molecule has 0 saturated carbocycles. The number of nitrogens with zero attached hydrogens (tertiary/aromatic N) is 6. The van der Waals surface area contributed by atoms with Gasteiger partial charge in [-0.1, -0.05) is 0 Å². The minimum Gasteiger partial charge on any atom is -0.268 e. The third kappa shape index (κ3) is 4.29. The number of carbonyl (C=O) groups excluding carboxylic acids is 4. The SMILES string of the molecule is O=C1c2ccc3c4c(ccc(c24)C(=O)N1c1ccncc1)C(=O)N(c1ccncc1)C3=O.c1cc(-c2ccncc2)ccn1. The Hall–Kier alpha value is -6.42. The highest BCUT2D eigenvalue weighted by Gasteiger charge is 2.40. The van der Waals surface area contributed by atoms with Gasteiger partial charge in [0.1, 0.15) is 0 Å². The number of anilines is 2. The van der Waals surface area contributed by atoms with Gasteiger partial charge in [0.25, 0.3) is 23.6 Å². The maximum Gasteiger partial charge on any atom is 0.265 e. The van der Waals surface area contributed by atoms with Gasteiger partial charge in [-0.15, -0.1) is 0 Å². The molecule has 0 radical (unpaired) electrons. The number of rotatable bonds is 3. The van der Waals surface area contributed by atoms with Crippen molar-refractivity contribution in [2.24, 2.45) is 0 Å². The Balaban J connectivity index is 0.000000218. The van der Waals surface area contributed by atoms with Gasteiger partial charge < -0.3 is 0 Å². The molecule has 2 aliphatic heterocycles. The minimum absolute atomic E-state index is 0.259. The zero-order chi connectivity index (χ0) is 30.2. The summed E-state index contributed by atoms with van der Waals surface area (Å²) in [5, 5.41) is 0.660. The van der Waals surface area contributed by atoms with E-state index in [1.165, 1.54) is 60.2 Å². The molecule has 6 aromatic rings. The molecule has 0 fully saturated rings. The zero-order valence-electron chi connectivity index (χ0n) is 22.9. The topological polar surface area (TPSA) is 126 Å². The summed E-state index contributed by atoms with van der Waals surface area (Å²) >= 11 is 0. The average Bonchev–Trinajstić information content (AvgIpc) is 3.08. The second kappa shape index (κ2) is 10.8. The van der Waals surface area contributed by atoms with Gasteiger partial charge in [-0.25, -0.2) is 9.80 Å². The normalized spacial score (nSPS) is 13.5. The molecule has 10 nitrogen and oxygen atoms in total. The Bertz CT molecular complexity index is 1870. The molecular formula is C34H20N6O4. The van der Waals surface area contributed by atoms with Gasteiger partial charge >= 0.3 is 0 Å². The van der Waals surface area contributed by atoms with E-state index in [1.807, 2.05) is 24.3 Å². The second-order valence-electron chi connectivity index (χ2n) is 9.85. The summed E-state index contributed by atoms with van der Waals surface area (Å²) in [6.07, 6.45) is 13.1. The standard InChI is InChI=1S/C24H12N4O4.C10H8N2/c29-21-15-1-2-16-20-18(24(32)28(22(16)30)14-7-11-26-12-8-14)4-3-17(19(15)20)23(31)27(21)13-5-9-25-10-6-13;1-5-11-6-2-9(1)10-3-7-12-8-4-10/h1-12H;1-8H. The summed E-state index contributed by atoms with van der Waals surface area (Å²) in [4.78, 5) is 71.1. The Kier molecular flexibility index (Phi) is 6.48. The van der Waals surface area contributed by atoms with E-state index in [0.29, 0.717) is 22.1 Å². The molecule has 4 amide bonds. The van der Waals surface area contributed by atoms with Crippen LogP contribution in [-0.4, -0.2) is 43.6 Å². The molecule has 2 aromatic carbocycles. The van der Waals surface area contributed by atoms with Crippen molar-refractivity contribution in [2.75, 3.05) is 9.80 Å². The van der Waals surface area contributed by atoms with Crippen molar-refractivity contribution in [2.45, 2.75) is 0 Å². The number of amides is 4. The lowest BCUT2D eigenvalue weighted by Crippen LogP contribution is -2.43. The van der Waals surface area contributed by atoms with Gasteiger partial charge in [-0.2, -0.15) is 0 Å². The molecule has 210 valence electrons. The summed E-state index contributed by atoms with van der Waals surface area (Å²) in [6.45, 7) is 0. The zero-order valence-corrected chi connectivity index (χ0v) is 22.9. The summed E-state index contributed by atoms with van der Waals surface area (Å²) in [6, 6.07) is 20.4. The molecule has 6 heterocycles. The molecule has 10 heteroatoms. The molecular weight excluding hydrogens is 556 g/mol. The first-order chi connectivity index (χ1) is 21.5. The molecule has 8 rings (SSSR count). The molecule has 0 bridgehead atoms. The van der Waals surface area contributed by atoms with Gasteiger partial charge in [0.05, 0.1) is 11.4 Å². The fourth-order valence-electron chi connectivity index (χ4n) is 5.42. The minimum atomic E-state index is -0.520. The number of benzene rings is 2. The predicted octanol–water partition coefficient (Wildman–Crippen LogP) is 5.37. The highest BCUT2D eigenvalue weighted by molar-refractivity contribution is 6.42. The van der Waals surface area contributed by atoms with Crippen molar-refractivity contribution in [3.8, 4) is 11.1 Å². The maximum atomic E-state index is 13.3. The summed E-state index contributed by atoms with van der Waals surface area (Å²) in [5.74, 6) is -2.08. The molecule has 0 N–H and O–H groups in total. The van der Waals surface area contributed by atoms with Gasteiger partial charge in [-0.3, -0.25) is 39.1 Å². The van der Waals surface area contributed by atoms with Crippen molar-refractivity contribution in [3.63, 3.8) is 0 Å². The first kappa shape index (κ1) is 26.5. The molecule has 2 aliphatic rings. The van der Waals surface area contributed by atoms with Crippen LogP contribution in [0.25, 0.3) is 21.9 Å². The van der Waals surface area contributed by atoms with Crippen LogP contribution in [-0.2, 0) is 0 Å². The fraction of sp³-hybridized carbons (Fsp3) is 0. The van der Waals surface area contributed by atoms with Crippen LogP contribution in [0.5, 0.6) is 0 Å².